The summed E-state index contributed by atoms with van der Waals surface area (Å²) in [5.41, 5.74) is -0.935. The molecule has 2 aromatic heterocycles. The minimum Gasteiger partial charge on any atom is -0.440 e. The van der Waals surface area contributed by atoms with E-state index in [1.165, 1.54) is 19.0 Å². The molecule has 21 heavy (non-hydrogen) atoms. The molecule has 0 unspecified atom stereocenters. The van der Waals surface area contributed by atoms with Crippen molar-refractivity contribution in [2.45, 2.75) is 25.6 Å². The molecule has 0 saturated heterocycles. The van der Waals surface area contributed by atoms with Crippen molar-refractivity contribution in [3.63, 3.8) is 0 Å². The number of alkyl halides is 3. The van der Waals surface area contributed by atoms with Crippen molar-refractivity contribution in [2.24, 2.45) is 5.92 Å². The van der Waals surface area contributed by atoms with Gasteiger partial charge in [0, 0.05) is 12.4 Å². The van der Waals surface area contributed by atoms with E-state index < -0.39 is 11.7 Å². The van der Waals surface area contributed by atoms with Crippen LogP contribution in [0.15, 0.2) is 29.1 Å². The molecule has 0 aromatic carbocycles. The fourth-order valence-electron chi connectivity index (χ4n) is 2.05. The molecule has 1 fully saturated rings. The van der Waals surface area contributed by atoms with Gasteiger partial charge in [-0.2, -0.15) is 13.2 Å². The van der Waals surface area contributed by atoms with Crippen molar-refractivity contribution in [2.75, 3.05) is 6.54 Å². The number of oxazole rings is 1. The van der Waals surface area contributed by atoms with Crippen LogP contribution in [0.2, 0.25) is 0 Å². The highest BCUT2D eigenvalue weighted by Gasteiger charge is 2.34. The highest BCUT2D eigenvalue weighted by molar-refractivity contribution is 5.58. The first-order valence-electron chi connectivity index (χ1n) is 6.71. The van der Waals surface area contributed by atoms with E-state index in [4.69, 9.17) is 4.42 Å². The Balaban J connectivity index is 1.76. The molecule has 7 heteroatoms. The van der Waals surface area contributed by atoms with Crippen LogP contribution >= 0.6 is 0 Å². The van der Waals surface area contributed by atoms with Crippen LogP contribution in [0.3, 0.4) is 0 Å². The lowest BCUT2D eigenvalue weighted by molar-refractivity contribution is -0.137. The maximum Gasteiger partial charge on any atom is 0.417 e. The molecule has 3 rings (SSSR count). The summed E-state index contributed by atoms with van der Waals surface area (Å²) in [7, 11) is 0. The number of halogens is 3. The molecule has 2 aromatic rings. The van der Waals surface area contributed by atoms with E-state index in [1.54, 1.807) is 0 Å². The quantitative estimate of drug-likeness (QED) is 0.920. The Morgan fingerprint density at radius 2 is 2.10 bits per heavy atom. The first-order valence-corrected chi connectivity index (χ1v) is 6.71. The van der Waals surface area contributed by atoms with E-state index >= 15 is 0 Å². The van der Waals surface area contributed by atoms with Crippen LogP contribution in [-0.2, 0) is 12.7 Å². The molecule has 1 N–H and O–H groups in total. The zero-order valence-corrected chi connectivity index (χ0v) is 11.2. The van der Waals surface area contributed by atoms with Gasteiger partial charge < -0.3 is 9.73 Å². The summed E-state index contributed by atoms with van der Waals surface area (Å²) in [6, 6.07) is 0.921. The monoisotopic (exact) mass is 297 g/mol. The summed E-state index contributed by atoms with van der Waals surface area (Å²) in [6.45, 7) is 1.36. The molecule has 1 aliphatic rings. The standard InChI is InChI=1S/C14H14F3N3O/c15-14(16,17)12-3-4-18-8-11(12)13-20-7-10(21-13)6-19-5-9-1-2-9/h3-4,7-9,19H,1-2,5-6H2. The Morgan fingerprint density at radius 1 is 1.29 bits per heavy atom. The molecule has 0 bridgehead atoms. The van der Waals surface area contributed by atoms with Crippen molar-refractivity contribution in [3.05, 3.63) is 36.0 Å². The van der Waals surface area contributed by atoms with Gasteiger partial charge >= 0.3 is 6.18 Å². The molecular weight excluding hydrogens is 283 g/mol. The number of hydrogen-bond acceptors (Lipinski definition) is 4. The van der Waals surface area contributed by atoms with Crippen molar-refractivity contribution in [1.29, 1.82) is 0 Å². The molecule has 0 radical (unpaired) electrons. The van der Waals surface area contributed by atoms with Crippen molar-refractivity contribution in [3.8, 4) is 11.5 Å². The van der Waals surface area contributed by atoms with E-state index in [9.17, 15) is 13.2 Å². The number of nitrogens with zero attached hydrogens (tertiary/aromatic N) is 2. The van der Waals surface area contributed by atoms with Gasteiger partial charge in [0.2, 0.25) is 5.89 Å². The molecule has 1 saturated carbocycles. The predicted molar refractivity (Wildman–Crippen MR) is 69.2 cm³/mol. The van der Waals surface area contributed by atoms with Crippen LogP contribution in [0, 0.1) is 5.92 Å². The van der Waals surface area contributed by atoms with Gasteiger partial charge in [-0.15, -0.1) is 0 Å². The maximum atomic E-state index is 12.9. The van der Waals surface area contributed by atoms with Gasteiger partial charge in [-0.1, -0.05) is 0 Å². The Morgan fingerprint density at radius 3 is 2.81 bits per heavy atom. The van der Waals surface area contributed by atoms with Crippen molar-refractivity contribution < 1.29 is 17.6 Å². The van der Waals surface area contributed by atoms with Gasteiger partial charge in [-0.25, -0.2) is 4.98 Å². The van der Waals surface area contributed by atoms with Gasteiger partial charge in [0.15, 0.2) is 0 Å². The molecule has 2 heterocycles. The number of rotatable bonds is 5. The van der Waals surface area contributed by atoms with Gasteiger partial charge in [-0.3, -0.25) is 4.98 Å². The summed E-state index contributed by atoms with van der Waals surface area (Å²) in [6.07, 6.45) is 1.68. The number of aromatic nitrogens is 2. The second-order valence-electron chi connectivity index (χ2n) is 5.13. The summed E-state index contributed by atoms with van der Waals surface area (Å²) in [5, 5.41) is 3.20. The lowest BCUT2D eigenvalue weighted by Gasteiger charge is -2.09. The Hall–Kier alpha value is -1.89. The third-order valence-electron chi connectivity index (χ3n) is 3.34. The maximum absolute atomic E-state index is 12.9. The molecule has 0 spiro atoms. The topological polar surface area (TPSA) is 51.0 Å². The van der Waals surface area contributed by atoms with E-state index in [1.807, 2.05) is 0 Å². The van der Waals surface area contributed by atoms with Crippen LogP contribution < -0.4 is 5.32 Å². The predicted octanol–water partition coefficient (Wildman–Crippen LogP) is 3.26. The number of nitrogens with one attached hydrogen (secondary N) is 1. The zero-order chi connectivity index (χ0) is 14.9. The van der Waals surface area contributed by atoms with E-state index in [2.05, 4.69) is 15.3 Å². The minimum atomic E-state index is -4.46. The van der Waals surface area contributed by atoms with Crippen LogP contribution in [0.1, 0.15) is 24.2 Å². The molecule has 4 nitrogen and oxygen atoms in total. The lowest BCUT2D eigenvalue weighted by atomic mass is 10.1. The van der Waals surface area contributed by atoms with E-state index in [0.717, 1.165) is 30.9 Å². The molecule has 1 aliphatic carbocycles. The summed E-state index contributed by atoms with van der Waals surface area (Å²) in [4.78, 5) is 7.65. The van der Waals surface area contributed by atoms with Gasteiger partial charge in [0.25, 0.3) is 0 Å². The molecular formula is C14H14F3N3O. The molecule has 0 amide bonds. The Labute approximate surface area is 119 Å². The first-order chi connectivity index (χ1) is 10.0. The largest absolute Gasteiger partial charge is 0.440 e. The van der Waals surface area contributed by atoms with Gasteiger partial charge in [0.1, 0.15) is 5.76 Å². The molecule has 112 valence electrons. The average Bonchev–Trinajstić information content (AvgIpc) is 3.14. The smallest absolute Gasteiger partial charge is 0.417 e. The highest BCUT2D eigenvalue weighted by Crippen LogP contribution is 2.36. The van der Waals surface area contributed by atoms with Crippen molar-refractivity contribution >= 4 is 0 Å². The highest BCUT2D eigenvalue weighted by atomic mass is 19.4. The molecule has 0 atom stereocenters. The van der Waals surface area contributed by atoms with Crippen LogP contribution in [0.5, 0.6) is 0 Å². The summed E-state index contributed by atoms with van der Waals surface area (Å²) < 4.78 is 44.2. The van der Waals surface area contributed by atoms with Crippen LogP contribution in [0.25, 0.3) is 11.5 Å². The van der Waals surface area contributed by atoms with Gasteiger partial charge in [-0.05, 0) is 31.4 Å². The normalized spacial score (nSPS) is 15.4. The molecule has 0 aliphatic heterocycles. The van der Waals surface area contributed by atoms with Crippen LogP contribution in [0.4, 0.5) is 13.2 Å². The fourth-order valence-corrected chi connectivity index (χ4v) is 2.05. The second-order valence-corrected chi connectivity index (χ2v) is 5.13. The zero-order valence-electron chi connectivity index (χ0n) is 11.2. The fraction of sp³-hybridized carbons (Fsp3) is 0.429. The summed E-state index contributed by atoms with van der Waals surface area (Å²) >= 11 is 0. The first kappa shape index (κ1) is 14.1. The summed E-state index contributed by atoms with van der Waals surface area (Å²) in [5.74, 6) is 1.18. The third kappa shape index (κ3) is 3.41. The minimum absolute atomic E-state index is 0.0568. The average molecular weight is 297 g/mol. The lowest BCUT2D eigenvalue weighted by Crippen LogP contribution is -2.15. The Bertz CT molecular complexity index is 620. The number of hydrogen-bond donors (Lipinski definition) is 1. The van der Waals surface area contributed by atoms with E-state index in [-0.39, 0.29) is 11.5 Å². The SMILES string of the molecule is FC(F)(F)c1ccncc1-c1ncc(CNCC2CC2)o1. The van der Waals surface area contributed by atoms with Crippen LogP contribution in [-0.4, -0.2) is 16.5 Å². The second kappa shape index (κ2) is 5.48. The van der Waals surface area contributed by atoms with E-state index in [0.29, 0.717) is 12.3 Å². The van der Waals surface area contributed by atoms with Gasteiger partial charge in [0.05, 0.1) is 23.9 Å². The third-order valence-corrected chi connectivity index (χ3v) is 3.34. The van der Waals surface area contributed by atoms with Crippen molar-refractivity contribution in [1.82, 2.24) is 15.3 Å². The number of pyridine rings is 1. The Kier molecular flexibility index (Phi) is 3.67.